The Morgan fingerprint density at radius 3 is 2.76 bits per heavy atom. The van der Waals surface area contributed by atoms with Gasteiger partial charge in [-0.15, -0.1) is 0 Å². The molecule has 1 aromatic carbocycles. The maximum atomic E-state index is 12.4. The molecule has 7 heteroatoms. The summed E-state index contributed by atoms with van der Waals surface area (Å²) >= 11 is 0. The van der Waals surface area contributed by atoms with Crippen molar-refractivity contribution in [2.24, 2.45) is 0 Å². The van der Waals surface area contributed by atoms with E-state index >= 15 is 0 Å². The molecular weight excluding hydrogens is 276 g/mol. The number of benzene rings is 1. The number of ether oxygens (including phenoxy) is 1. The van der Waals surface area contributed by atoms with Gasteiger partial charge < -0.3 is 19.8 Å². The summed E-state index contributed by atoms with van der Waals surface area (Å²) in [6.45, 7) is 0.0180. The van der Waals surface area contributed by atoms with Crippen molar-refractivity contribution in [3.05, 3.63) is 24.3 Å². The summed E-state index contributed by atoms with van der Waals surface area (Å²) in [5.41, 5.74) is 0.588. The molecule has 1 heterocycles. The van der Waals surface area contributed by atoms with E-state index in [9.17, 15) is 14.7 Å². The van der Waals surface area contributed by atoms with Crippen molar-refractivity contribution in [1.29, 1.82) is 0 Å². The number of hydrogen-bond donors (Lipinski definition) is 2. The summed E-state index contributed by atoms with van der Waals surface area (Å²) in [5, 5.41) is 18.7. The standard InChI is InChI=1S/C14H18N2O5/c1-15(9-4-3-5-11(6-9)21-2)14(20)16-8-10(17)7-12(16)13(18)19/h3-6,10,12,17H,7-8H2,1-2H3,(H,18,19)/t10-,12-/m1/s1. The van der Waals surface area contributed by atoms with Crippen LogP contribution in [0.15, 0.2) is 24.3 Å². The highest BCUT2D eigenvalue weighted by atomic mass is 16.5. The molecule has 1 saturated heterocycles. The number of likely N-dealkylation sites (tertiary alicyclic amines) is 1. The number of anilines is 1. The molecule has 1 aliphatic heterocycles. The SMILES string of the molecule is COc1cccc(N(C)C(=O)N2C[C@H](O)C[C@@H]2C(=O)O)c1. The highest BCUT2D eigenvalue weighted by Crippen LogP contribution is 2.24. The molecule has 0 radical (unpaired) electrons. The predicted molar refractivity (Wildman–Crippen MR) is 75.5 cm³/mol. The van der Waals surface area contributed by atoms with E-state index in [0.717, 1.165) is 0 Å². The van der Waals surface area contributed by atoms with Crippen molar-refractivity contribution < 1.29 is 24.5 Å². The van der Waals surface area contributed by atoms with Crippen LogP contribution in [0.2, 0.25) is 0 Å². The van der Waals surface area contributed by atoms with E-state index in [2.05, 4.69) is 0 Å². The first-order valence-electron chi connectivity index (χ1n) is 6.53. The number of methoxy groups -OCH3 is 1. The molecule has 1 aromatic rings. The average molecular weight is 294 g/mol. The second-order valence-corrected chi connectivity index (χ2v) is 4.94. The van der Waals surface area contributed by atoms with E-state index in [4.69, 9.17) is 9.84 Å². The van der Waals surface area contributed by atoms with E-state index in [1.807, 2.05) is 0 Å². The van der Waals surface area contributed by atoms with Gasteiger partial charge in [-0.25, -0.2) is 9.59 Å². The van der Waals surface area contributed by atoms with Crippen LogP contribution in [0.1, 0.15) is 6.42 Å². The molecule has 0 unspecified atom stereocenters. The minimum atomic E-state index is -1.11. The van der Waals surface area contributed by atoms with Gasteiger partial charge in [0.1, 0.15) is 11.8 Å². The molecule has 2 amide bonds. The summed E-state index contributed by atoms with van der Waals surface area (Å²) in [6.07, 6.45) is -0.763. The first kappa shape index (κ1) is 15.1. The van der Waals surface area contributed by atoms with Gasteiger partial charge in [-0.3, -0.25) is 4.90 Å². The van der Waals surface area contributed by atoms with Gasteiger partial charge >= 0.3 is 12.0 Å². The lowest BCUT2D eigenvalue weighted by atomic mass is 10.2. The number of carboxylic acid groups (broad SMARTS) is 1. The molecule has 1 fully saturated rings. The quantitative estimate of drug-likeness (QED) is 0.859. The highest BCUT2D eigenvalue weighted by molar-refractivity contribution is 5.94. The van der Waals surface area contributed by atoms with Gasteiger partial charge in [0.2, 0.25) is 0 Å². The van der Waals surface area contributed by atoms with Crippen LogP contribution in [0.5, 0.6) is 5.75 Å². The van der Waals surface area contributed by atoms with E-state index in [-0.39, 0.29) is 13.0 Å². The predicted octanol–water partition coefficient (Wildman–Crippen LogP) is 0.771. The molecule has 7 nitrogen and oxygen atoms in total. The smallest absolute Gasteiger partial charge is 0.326 e. The molecule has 114 valence electrons. The lowest BCUT2D eigenvalue weighted by molar-refractivity contribution is -0.141. The summed E-state index contributed by atoms with van der Waals surface area (Å²) in [6, 6.07) is 5.43. The summed E-state index contributed by atoms with van der Waals surface area (Å²) < 4.78 is 5.10. The van der Waals surface area contributed by atoms with Crippen molar-refractivity contribution >= 4 is 17.7 Å². The van der Waals surface area contributed by atoms with E-state index in [1.54, 1.807) is 31.3 Å². The van der Waals surface area contributed by atoms with Crippen LogP contribution in [0, 0.1) is 0 Å². The zero-order valence-corrected chi connectivity index (χ0v) is 11.9. The van der Waals surface area contributed by atoms with Gasteiger partial charge in [0.15, 0.2) is 0 Å². The Bertz CT molecular complexity index is 548. The Morgan fingerprint density at radius 1 is 1.43 bits per heavy atom. The molecule has 2 atom stereocenters. The van der Waals surface area contributed by atoms with Gasteiger partial charge in [-0.1, -0.05) is 6.07 Å². The third kappa shape index (κ3) is 3.08. The number of β-amino-alcohol motifs (C(OH)–C–C–N with tert-alkyl or cyclic N) is 1. The Kier molecular flexibility index (Phi) is 4.32. The second kappa shape index (κ2) is 6.01. The van der Waals surface area contributed by atoms with Gasteiger partial charge in [0.25, 0.3) is 0 Å². The van der Waals surface area contributed by atoms with Crippen molar-refractivity contribution in [2.75, 3.05) is 25.6 Å². The first-order valence-corrected chi connectivity index (χ1v) is 6.53. The van der Waals surface area contributed by atoms with E-state index in [1.165, 1.54) is 16.9 Å². The number of rotatable bonds is 3. The largest absolute Gasteiger partial charge is 0.497 e. The van der Waals surface area contributed by atoms with Gasteiger partial charge in [-0.2, -0.15) is 0 Å². The Labute approximate surface area is 122 Å². The number of aliphatic carboxylic acids is 1. The van der Waals surface area contributed by atoms with Crippen LogP contribution >= 0.6 is 0 Å². The third-order valence-corrected chi connectivity index (χ3v) is 3.54. The van der Waals surface area contributed by atoms with Crippen LogP contribution in [0.3, 0.4) is 0 Å². The highest BCUT2D eigenvalue weighted by Gasteiger charge is 2.40. The number of aliphatic hydroxyl groups is 1. The van der Waals surface area contributed by atoms with Crippen molar-refractivity contribution in [1.82, 2.24) is 4.90 Å². The molecule has 21 heavy (non-hydrogen) atoms. The lowest BCUT2D eigenvalue weighted by Gasteiger charge is -2.27. The summed E-state index contributed by atoms with van der Waals surface area (Å²) in [7, 11) is 3.08. The van der Waals surface area contributed by atoms with Crippen LogP contribution in [0.4, 0.5) is 10.5 Å². The fourth-order valence-electron chi connectivity index (χ4n) is 2.38. The van der Waals surface area contributed by atoms with Gasteiger partial charge in [0, 0.05) is 31.8 Å². The molecule has 2 rings (SSSR count). The Hall–Kier alpha value is -2.28. The monoisotopic (exact) mass is 294 g/mol. The molecule has 0 bridgehead atoms. The second-order valence-electron chi connectivity index (χ2n) is 4.94. The third-order valence-electron chi connectivity index (χ3n) is 3.54. The number of urea groups is 1. The fourth-order valence-corrected chi connectivity index (χ4v) is 2.38. The van der Waals surface area contributed by atoms with Crippen LogP contribution in [-0.4, -0.2) is 60.0 Å². The number of carbonyl (C=O) groups excluding carboxylic acids is 1. The summed E-state index contributed by atoms with van der Waals surface area (Å²) in [5.74, 6) is -0.512. The molecule has 1 aliphatic rings. The van der Waals surface area contributed by atoms with Crippen LogP contribution in [0.25, 0.3) is 0 Å². The number of carbonyl (C=O) groups is 2. The lowest BCUT2D eigenvalue weighted by Crippen LogP contribution is -2.47. The molecule has 0 aliphatic carbocycles. The maximum Gasteiger partial charge on any atom is 0.326 e. The van der Waals surface area contributed by atoms with Crippen LogP contribution in [-0.2, 0) is 4.79 Å². The molecule has 2 N–H and O–H groups in total. The average Bonchev–Trinajstić information content (AvgIpc) is 2.88. The van der Waals surface area contributed by atoms with Gasteiger partial charge in [-0.05, 0) is 12.1 Å². The molecule has 0 spiro atoms. The zero-order chi connectivity index (χ0) is 15.6. The number of hydrogen-bond acceptors (Lipinski definition) is 4. The first-order chi connectivity index (χ1) is 9.93. The normalized spacial score (nSPS) is 21.2. The van der Waals surface area contributed by atoms with Crippen molar-refractivity contribution in [3.8, 4) is 5.75 Å². The number of nitrogens with zero attached hydrogens (tertiary/aromatic N) is 2. The molecule has 0 aromatic heterocycles. The summed E-state index contributed by atoms with van der Waals surface area (Å²) in [4.78, 5) is 26.1. The van der Waals surface area contributed by atoms with Crippen molar-refractivity contribution in [2.45, 2.75) is 18.6 Å². The molecular formula is C14H18N2O5. The number of carboxylic acids is 1. The van der Waals surface area contributed by atoms with Gasteiger partial charge in [0.05, 0.1) is 13.2 Å². The van der Waals surface area contributed by atoms with Crippen molar-refractivity contribution in [3.63, 3.8) is 0 Å². The Balaban J connectivity index is 2.20. The Morgan fingerprint density at radius 2 is 2.14 bits per heavy atom. The minimum Gasteiger partial charge on any atom is -0.497 e. The molecule has 0 saturated carbocycles. The zero-order valence-electron chi connectivity index (χ0n) is 11.9. The number of amides is 2. The van der Waals surface area contributed by atoms with E-state index < -0.39 is 24.1 Å². The number of aliphatic hydroxyl groups excluding tert-OH is 1. The van der Waals surface area contributed by atoms with E-state index in [0.29, 0.717) is 11.4 Å². The topological polar surface area (TPSA) is 90.3 Å². The fraction of sp³-hybridized carbons (Fsp3) is 0.429. The van der Waals surface area contributed by atoms with Crippen LogP contribution < -0.4 is 9.64 Å². The minimum absolute atomic E-state index is 0.0180. The maximum absolute atomic E-state index is 12.4.